The van der Waals surface area contributed by atoms with Crippen molar-refractivity contribution >= 4 is 40.7 Å². The zero-order valence-corrected chi connectivity index (χ0v) is 17.4. The Balaban J connectivity index is 1.60. The van der Waals surface area contributed by atoms with Crippen molar-refractivity contribution in [3.63, 3.8) is 0 Å². The van der Waals surface area contributed by atoms with Gasteiger partial charge in [-0.15, -0.1) is 23.1 Å². The molecule has 2 aromatic carbocycles. The molecule has 0 aliphatic rings. The fraction of sp³-hybridized carbons (Fsp3) is 0.182. The first-order valence-corrected chi connectivity index (χ1v) is 11.0. The summed E-state index contributed by atoms with van der Waals surface area (Å²) in [5, 5.41) is 6.21. The molecule has 0 saturated carbocycles. The number of nitrogens with one attached hydrogen (secondary N) is 1. The summed E-state index contributed by atoms with van der Waals surface area (Å²) in [6.45, 7) is 0. The van der Waals surface area contributed by atoms with Gasteiger partial charge in [0.15, 0.2) is 0 Å². The van der Waals surface area contributed by atoms with Crippen LogP contribution in [0.25, 0.3) is 11.1 Å². The van der Waals surface area contributed by atoms with Gasteiger partial charge in [0.05, 0.1) is 18.4 Å². The number of aryl methyl sites for hydroxylation is 1. The minimum atomic E-state index is -0.447. The summed E-state index contributed by atoms with van der Waals surface area (Å²) in [6, 6.07) is 16.6. The van der Waals surface area contributed by atoms with Gasteiger partial charge in [-0.05, 0) is 35.4 Å². The van der Waals surface area contributed by atoms with E-state index in [1.54, 1.807) is 22.5 Å². The maximum Gasteiger partial charge on any atom is 0.340 e. The Labute approximate surface area is 172 Å². The second-order valence-electron chi connectivity index (χ2n) is 6.14. The third-order valence-corrected chi connectivity index (χ3v) is 5.89. The molecule has 1 aromatic heterocycles. The number of amides is 1. The lowest BCUT2D eigenvalue weighted by Crippen LogP contribution is -2.14. The number of ether oxygens (including phenoxy) is 1. The highest BCUT2D eigenvalue weighted by Crippen LogP contribution is 2.30. The van der Waals surface area contributed by atoms with Crippen LogP contribution in [0.5, 0.6) is 0 Å². The first kappa shape index (κ1) is 20.2. The number of thioether (sulfide) groups is 1. The van der Waals surface area contributed by atoms with E-state index in [0.717, 1.165) is 5.56 Å². The number of hydrogen-bond donors (Lipinski definition) is 1. The van der Waals surface area contributed by atoms with Crippen LogP contribution < -0.4 is 5.32 Å². The third kappa shape index (κ3) is 4.82. The van der Waals surface area contributed by atoms with Crippen LogP contribution in [-0.4, -0.2) is 25.2 Å². The molecule has 1 heterocycles. The monoisotopic (exact) mass is 411 g/mol. The second kappa shape index (κ2) is 9.57. The molecule has 3 aromatic rings. The average Bonchev–Trinajstić information content (AvgIpc) is 3.20. The largest absolute Gasteiger partial charge is 0.465 e. The van der Waals surface area contributed by atoms with E-state index in [2.05, 4.69) is 48.0 Å². The summed E-state index contributed by atoms with van der Waals surface area (Å²) in [5.74, 6) is -0.571. The molecule has 144 valence electrons. The van der Waals surface area contributed by atoms with E-state index in [-0.39, 0.29) is 5.91 Å². The smallest absolute Gasteiger partial charge is 0.340 e. The summed E-state index contributed by atoms with van der Waals surface area (Å²) in [7, 11) is 1.33. The van der Waals surface area contributed by atoms with Gasteiger partial charge in [-0.1, -0.05) is 42.5 Å². The number of rotatable bonds is 7. The fourth-order valence-corrected chi connectivity index (χ4v) is 4.24. The van der Waals surface area contributed by atoms with Crippen molar-refractivity contribution in [3.8, 4) is 11.1 Å². The topological polar surface area (TPSA) is 55.4 Å². The minimum absolute atomic E-state index is 0.125. The van der Waals surface area contributed by atoms with Crippen LogP contribution in [0.2, 0.25) is 0 Å². The molecule has 1 amide bonds. The predicted molar refractivity (Wildman–Crippen MR) is 116 cm³/mol. The SMILES string of the molecule is COC(=O)c1cscc1NC(=O)CCc1ccc(-c2ccccc2SC)cc1. The summed E-state index contributed by atoms with van der Waals surface area (Å²) in [6.07, 6.45) is 3.05. The van der Waals surface area contributed by atoms with E-state index in [9.17, 15) is 9.59 Å². The third-order valence-electron chi connectivity index (χ3n) is 4.35. The molecule has 0 aliphatic carbocycles. The summed E-state index contributed by atoms with van der Waals surface area (Å²) in [5.41, 5.74) is 4.37. The molecule has 0 fully saturated rings. The first-order valence-electron chi connectivity index (χ1n) is 8.79. The lowest BCUT2D eigenvalue weighted by atomic mass is 10.0. The number of thiophene rings is 1. The predicted octanol–water partition coefficient (Wildman–Crippen LogP) is 5.49. The van der Waals surface area contributed by atoms with E-state index in [0.29, 0.717) is 24.1 Å². The van der Waals surface area contributed by atoms with Gasteiger partial charge in [0.25, 0.3) is 0 Å². The summed E-state index contributed by atoms with van der Waals surface area (Å²) >= 11 is 3.08. The molecule has 0 atom stereocenters. The molecule has 28 heavy (non-hydrogen) atoms. The Bertz CT molecular complexity index is 964. The number of methoxy groups -OCH3 is 1. The molecule has 0 saturated heterocycles. The van der Waals surface area contributed by atoms with Crippen molar-refractivity contribution in [3.05, 3.63) is 70.4 Å². The maximum atomic E-state index is 12.3. The quantitative estimate of drug-likeness (QED) is 0.412. The Morgan fingerprint density at radius 1 is 1.07 bits per heavy atom. The van der Waals surface area contributed by atoms with Gasteiger partial charge < -0.3 is 10.1 Å². The van der Waals surface area contributed by atoms with Crippen LogP contribution in [0.3, 0.4) is 0 Å². The normalized spacial score (nSPS) is 10.5. The van der Waals surface area contributed by atoms with Crippen molar-refractivity contribution in [2.75, 3.05) is 18.7 Å². The molecule has 0 unspecified atom stereocenters. The molecule has 1 N–H and O–H groups in total. The van der Waals surface area contributed by atoms with Crippen molar-refractivity contribution < 1.29 is 14.3 Å². The van der Waals surface area contributed by atoms with Crippen molar-refractivity contribution in [1.29, 1.82) is 0 Å². The highest BCUT2D eigenvalue weighted by atomic mass is 32.2. The van der Waals surface area contributed by atoms with E-state index < -0.39 is 5.97 Å². The summed E-state index contributed by atoms with van der Waals surface area (Å²) < 4.78 is 4.73. The minimum Gasteiger partial charge on any atom is -0.465 e. The summed E-state index contributed by atoms with van der Waals surface area (Å²) in [4.78, 5) is 25.2. The average molecular weight is 412 g/mol. The number of carbonyl (C=O) groups is 2. The van der Waals surface area contributed by atoms with Gasteiger partial charge in [-0.25, -0.2) is 4.79 Å². The van der Waals surface area contributed by atoms with E-state index in [4.69, 9.17) is 4.74 Å². The van der Waals surface area contributed by atoms with E-state index >= 15 is 0 Å². The van der Waals surface area contributed by atoms with Gasteiger partial charge in [-0.2, -0.15) is 0 Å². The first-order chi connectivity index (χ1) is 13.6. The van der Waals surface area contributed by atoms with Crippen LogP contribution in [-0.2, 0) is 16.0 Å². The molecule has 0 radical (unpaired) electrons. The molecule has 6 heteroatoms. The van der Waals surface area contributed by atoms with Crippen LogP contribution in [0.4, 0.5) is 5.69 Å². The molecule has 0 aliphatic heterocycles. The van der Waals surface area contributed by atoms with Crippen molar-refractivity contribution in [2.45, 2.75) is 17.7 Å². The molecule has 0 spiro atoms. The lowest BCUT2D eigenvalue weighted by molar-refractivity contribution is -0.116. The van der Waals surface area contributed by atoms with Crippen LogP contribution in [0.1, 0.15) is 22.3 Å². The highest BCUT2D eigenvalue weighted by Gasteiger charge is 2.15. The zero-order valence-electron chi connectivity index (χ0n) is 15.7. The number of hydrogen-bond acceptors (Lipinski definition) is 5. The Morgan fingerprint density at radius 2 is 1.82 bits per heavy atom. The number of benzene rings is 2. The van der Waals surface area contributed by atoms with Gasteiger partial charge in [0.1, 0.15) is 0 Å². The Hall–Kier alpha value is -2.57. The maximum absolute atomic E-state index is 12.3. The molecule has 0 bridgehead atoms. The van der Waals surface area contributed by atoms with Crippen LogP contribution >= 0.6 is 23.1 Å². The lowest BCUT2D eigenvalue weighted by Gasteiger charge is -2.09. The Morgan fingerprint density at radius 3 is 2.54 bits per heavy atom. The zero-order chi connectivity index (χ0) is 19.9. The van der Waals surface area contributed by atoms with Crippen LogP contribution in [0.15, 0.2) is 64.2 Å². The number of anilines is 1. The van der Waals surface area contributed by atoms with Crippen molar-refractivity contribution in [1.82, 2.24) is 0 Å². The van der Waals surface area contributed by atoms with E-state index in [1.165, 1.54) is 34.5 Å². The number of carbonyl (C=O) groups excluding carboxylic acids is 2. The van der Waals surface area contributed by atoms with Gasteiger partial charge in [0, 0.05) is 22.1 Å². The van der Waals surface area contributed by atoms with Gasteiger partial charge in [0.2, 0.25) is 5.91 Å². The van der Waals surface area contributed by atoms with Crippen LogP contribution in [0, 0.1) is 0 Å². The standard InChI is InChI=1S/C22H21NO3S2/c1-26-22(25)18-13-28-14-19(18)23-21(24)12-9-15-7-10-16(11-8-15)17-5-3-4-6-20(17)27-2/h3-8,10-11,13-14H,9,12H2,1-2H3,(H,23,24). The molecule has 4 nitrogen and oxygen atoms in total. The second-order valence-corrected chi connectivity index (χ2v) is 7.73. The highest BCUT2D eigenvalue weighted by molar-refractivity contribution is 7.98. The fourth-order valence-electron chi connectivity index (χ4n) is 2.87. The van der Waals surface area contributed by atoms with Gasteiger partial charge >= 0.3 is 5.97 Å². The molecule has 3 rings (SSSR count). The van der Waals surface area contributed by atoms with Crippen molar-refractivity contribution in [2.24, 2.45) is 0 Å². The number of esters is 1. The van der Waals surface area contributed by atoms with E-state index in [1.807, 2.05) is 12.1 Å². The van der Waals surface area contributed by atoms with Gasteiger partial charge in [-0.3, -0.25) is 4.79 Å². The molecular weight excluding hydrogens is 390 g/mol. The Kier molecular flexibility index (Phi) is 6.90. The molecular formula is C22H21NO3S2.